The van der Waals surface area contributed by atoms with Gasteiger partial charge in [0, 0.05) is 20.5 Å². The Hall–Kier alpha value is -5.45. The zero-order valence-electron chi connectivity index (χ0n) is 26.9. The third kappa shape index (κ3) is 9.09. The van der Waals surface area contributed by atoms with Gasteiger partial charge in [-0.05, 0) is 85.8 Å². The molecule has 0 aliphatic heterocycles. The molecular formula is C37H35F3N2O6. The van der Waals surface area contributed by atoms with Crippen molar-refractivity contribution < 1.29 is 41.8 Å². The average Bonchev–Trinajstić information content (AvgIpc) is 3.04. The molecule has 2 amide bonds. The van der Waals surface area contributed by atoms with E-state index in [0.29, 0.717) is 29.5 Å². The van der Waals surface area contributed by atoms with Crippen LogP contribution in [0.3, 0.4) is 0 Å². The van der Waals surface area contributed by atoms with Gasteiger partial charge in [-0.2, -0.15) is 13.2 Å². The van der Waals surface area contributed by atoms with Crippen LogP contribution in [0.15, 0.2) is 91.0 Å². The summed E-state index contributed by atoms with van der Waals surface area (Å²) in [6.45, 7) is 3.48. The number of carbonyl (C=O) groups excluding carboxylic acids is 4. The maximum atomic E-state index is 14.1. The SMILES string of the molecule is CC(C)OC(=O)c1ccc(OC(=O)CCCc2ccc(NC(=O)c3c(-c4ccccc4)cccc3C(F)(F)F)c(C(=O)N(C)C)c2)cc1. The molecule has 1 N–H and O–H groups in total. The fourth-order valence-corrected chi connectivity index (χ4v) is 4.91. The summed E-state index contributed by atoms with van der Waals surface area (Å²) in [7, 11) is 3.03. The van der Waals surface area contributed by atoms with E-state index in [1.807, 2.05) is 0 Å². The predicted octanol–water partition coefficient (Wildman–Crippen LogP) is 7.82. The highest BCUT2D eigenvalue weighted by Crippen LogP contribution is 2.37. The molecule has 4 aromatic carbocycles. The third-order valence-corrected chi connectivity index (χ3v) is 7.16. The predicted molar refractivity (Wildman–Crippen MR) is 175 cm³/mol. The van der Waals surface area contributed by atoms with Crippen LogP contribution in [0.4, 0.5) is 18.9 Å². The fraction of sp³-hybridized carbons (Fsp3) is 0.243. The molecule has 0 radical (unpaired) electrons. The van der Waals surface area contributed by atoms with Crippen LogP contribution in [0.1, 0.15) is 68.9 Å². The molecule has 4 rings (SSSR count). The molecular weight excluding hydrogens is 625 g/mol. The molecule has 0 aliphatic rings. The number of hydrogen-bond donors (Lipinski definition) is 1. The second-order valence-corrected chi connectivity index (χ2v) is 11.4. The maximum Gasteiger partial charge on any atom is 0.417 e. The van der Waals surface area contributed by atoms with E-state index in [-0.39, 0.29) is 35.1 Å². The van der Waals surface area contributed by atoms with Crippen LogP contribution in [-0.2, 0) is 22.1 Å². The van der Waals surface area contributed by atoms with Crippen LogP contribution < -0.4 is 10.1 Å². The molecule has 8 nitrogen and oxygen atoms in total. The molecule has 0 saturated carbocycles. The number of rotatable bonds is 11. The van der Waals surface area contributed by atoms with Gasteiger partial charge in [0.05, 0.1) is 34.0 Å². The van der Waals surface area contributed by atoms with E-state index in [0.717, 1.165) is 6.07 Å². The van der Waals surface area contributed by atoms with Gasteiger partial charge in [-0.25, -0.2) is 4.79 Å². The van der Waals surface area contributed by atoms with Crippen molar-refractivity contribution >= 4 is 29.4 Å². The summed E-state index contributed by atoms with van der Waals surface area (Å²) < 4.78 is 52.8. The van der Waals surface area contributed by atoms with Crippen LogP contribution in [0.25, 0.3) is 11.1 Å². The van der Waals surface area contributed by atoms with E-state index in [9.17, 15) is 32.3 Å². The van der Waals surface area contributed by atoms with E-state index < -0.39 is 41.1 Å². The van der Waals surface area contributed by atoms with Crippen molar-refractivity contribution in [3.8, 4) is 16.9 Å². The van der Waals surface area contributed by atoms with Gasteiger partial charge in [-0.1, -0.05) is 48.5 Å². The van der Waals surface area contributed by atoms with Gasteiger partial charge in [0.1, 0.15) is 5.75 Å². The number of amides is 2. The van der Waals surface area contributed by atoms with Crippen molar-refractivity contribution in [2.24, 2.45) is 0 Å². The number of aryl methyl sites for hydroxylation is 1. The van der Waals surface area contributed by atoms with Crippen molar-refractivity contribution in [3.63, 3.8) is 0 Å². The molecule has 11 heteroatoms. The second-order valence-electron chi connectivity index (χ2n) is 11.4. The number of benzene rings is 4. The van der Waals surface area contributed by atoms with Crippen molar-refractivity contribution in [3.05, 3.63) is 119 Å². The molecule has 250 valence electrons. The number of carbonyl (C=O) groups is 4. The molecule has 0 spiro atoms. The highest BCUT2D eigenvalue weighted by atomic mass is 19.4. The molecule has 0 fully saturated rings. The number of nitrogens with zero attached hydrogens (tertiary/aromatic N) is 1. The molecule has 48 heavy (non-hydrogen) atoms. The first-order valence-electron chi connectivity index (χ1n) is 15.2. The van der Waals surface area contributed by atoms with E-state index in [4.69, 9.17) is 9.47 Å². The van der Waals surface area contributed by atoms with Crippen LogP contribution in [-0.4, -0.2) is 48.9 Å². The molecule has 0 saturated heterocycles. The largest absolute Gasteiger partial charge is 0.459 e. The molecule has 0 unspecified atom stereocenters. The first kappa shape index (κ1) is 35.4. The number of nitrogens with one attached hydrogen (secondary N) is 1. The van der Waals surface area contributed by atoms with Crippen LogP contribution >= 0.6 is 0 Å². The zero-order chi connectivity index (χ0) is 35.0. The van der Waals surface area contributed by atoms with E-state index >= 15 is 0 Å². The maximum absolute atomic E-state index is 14.1. The summed E-state index contributed by atoms with van der Waals surface area (Å²) in [5.74, 6) is -2.21. The fourth-order valence-electron chi connectivity index (χ4n) is 4.91. The molecule has 0 aliphatic carbocycles. The van der Waals surface area contributed by atoms with Crippen LogP contribution in [0, 0.1) is 0 Å². The van der Waals surface area contributed by atoms with E-state index in [2.05, 4.69) is 5.32 Å². The summed E-state index contributed by atoms with van der Waals surface area (Å²) in [5.41, 5.74) is -0.0323. The Labute approximate surface area is 276 Å². The molecule has 0 atom stereocenters. The highest BCUT2D eigenvalue weighted by Gasteiger charge is 2.37. The van der Waals surface area contributed by atoms with Crippen molar-refractivity contribution in [2.75, 3.05) is 19.4 Å². The monoisotopic (exact) mass is 660 g/mol. The normalized spacial score (nSPS) is 11.2. The molecule has 0 aromatic heterocycles. The summed E-state index contributed by atoms with van der Waals surface area (Å²) in [6, 6.07) is 22.4. The first-order chi connectivity index (χ1) is 22.7. The topological polar surface area (TPSA) is 102 Å². The summed E-state index contributed by atoms with van der Waals surface area (Å²) in [4.78, 5) is 52.5. The van der Waals surface area contributed by atoms with Crippen LogP contribution in [0.5, 0.6) is 5.75 Å². The van der Waals surface area contributed by atoms with Crippen molar-refractivity contribution in [2.45, 2.75) is 45.4 Å². The number of alkyl halides is 3. The quantitative estimate of drug-likeness (QED) is 0.130. The van der Waals surface area contributed by atoms with E-state index in [1.54, 1.807) is 56.3 Å². The highest BCUT2D eigenvalue weighted by molar-refractivity contribution is 6.12. The van der Waals surface area contributed by atoms with Gasteiger partial charge in [0.2, 0.25) is 0 Å². The Morgan fingerprint density at radius 1 is 0.854 bits per heavy atom. The van der Waals surface area contributed by atoms with Crippen LogP contribution in [0.2, 0.25) is 0 Å². The van der Waals surface area contributed by atoms with Gasteiger partial charge in [-0.15, -0.1) is 0 Å². The Morgan fingerprint density at radius 3 is 2.17 bits per heavy atom. The lowest BCUT2D eigenvalue weighted by molar-refractivity contribution is -0.138. The zero-order valence-corrected chi connectivity index (χ0v) is 26.9. The Bertz CT molecular complexity index is 1790. The minimum Gasteiger partial charge on any atom is -0.459 e. The second kappa shape index (κ2) is 15.4. The summed E-state index contributed by atoms with van der Waals surface area (Å²) in [6.07, 6.45) is -4.31. The van der Waals surface area contributed by atoms with Gasteiger partial charge in [-0.3, -0.25) is 14.4 Å². The lowest BCUT2D eigenvalue weighted by Crippen LogP contribution is -2.25. The van der Waals surface area contributed by atoms with E-state index in [1.165, 1.54) is 61.5 Å². The van der Waals surface area contributed by atoms with Gasteiger partial charge < -0.3 is 19.7 Å². The number of esters is 2. The molecule has 4 aromatic rings. The molecule has 0 heterocycles. The Balaban J connectivity index is 1.49. The average molecular weight is 661 g/mol. The first-order valence-corrected chi connectivity index (χ1v) is 15.2. The third-order valence-electron chi connectivity index (χ3n) is 7.16. The molecule has 0 bridgehead atoms. The minimum atomic E-state index is -4.81. The lowest BCUT2D eigenvalue weighted by atomic mass is 9.94. The number of anilines is 1. The number of ether oxygens (including phenoxy) is 2. The number of halogens is 3. The van der Waals surface area contributed by atoms with Crippen molar-refractivity contribution in [1.82, 2.24) is 4.90 Å². The summed E-state index contributed by atoms with van der Waals surface area (Å²) in [5, 5.41) is 2.54. The number of hydrogen-bond acceptors (Lipinski definition) is 6. The lowest BCUT2D eigenvalue weighted by Gasteiger charge is -2.19. The van der Waals surface area contributed by atoms with Gasteiger partial charge >= 0.3 is 18.1 Å². The Kier molecular flexibility index (Phi) is 11.4. The smallest absolute Gasteiger partial charge is 0.417 e. The van der Waals surface area contributed by atoms with Crippen molar-refractivity contribution in [1.29, 1.82) is 0 Å². The standard InChI is InChI=1S/C37H35F3N2O6/c1-23(2)47-36(46)26-17-19-27(20-18-26)48-32(43)15-8-10-24-16-21-31(29(22-24)35(45)42(3)4)41-34(44)33-28(25-11-6-5-7-12-25)13-9-14-30(33)37(38,39)40/h5-7,9,11-14,16-23H,8,10,15H2,1-4H3,(H,41,44). The Morgan fingerprint density at radius 2 is 1.54 bits per heavy atom. The summed E-state index contributed by atoms with van der Waals surface area (Å²) >= 11 is 0. The van der Waals surface area contributed by atoms with Gasteiger partial charge in [0.25, 0.3) is 11.8 Å². The minimum absolute atomic E-state index is 0.0403. The van der Waals surface area contributed by atoms with Gasteiger partial charge in [0.15, 0.2) is 0 Å².